The molecule has 1 saturated heterocycles. The summed E-state index contributed by atoms with van der Waals surface area (Å²) in [4.78, 5) is 24.9. The molecule has 1 aromatic carbocycles. The Morgan fingerprint density at radius 1 is 1.29 bits per heavy atom. The number of amides is 2. The Labute approximate surface area is 128 Å². The summed E-state index contributed by atoms with van der Waals surface area (Å²) in [7, 11) is 0. The lowest BCUT2D eigenvalue weighted by molar-refractivity contribution is 0.0697. The van der Waals surface area contributed by atoms with Crippen molar-refractivity contribution >= 4 is 29.3 Å². The Morgan fingerprint density at radius 2 is 2.00 bits per heavy atom. The fraction of sp³-hybridized carbons (Fsp3) is 0.429. The zero-order valence-corrected chi connectivity index (χ0v) is 12.3. The molecule has 1 aromatic rings. The zero-order valence-electron chi connectivity index (χ0n) is 11.6. The Kier molecular flexibility index (Phi) is 5.41. The summed E-state index contributed by atoms with van der Waals surface area (Å²) in [5.41, 5.74) is 0.473. The Morgan fingerprint density at radius 3 is 2.62 bits per heavy atom. The fourth-order valence-corrected chi connectivity index (χ4v) is 2.54. The summed E-state index contributed by atoms with van der Waals surface area (Å²) in [6.45, 7) is 3.60. The standard InChI is InChI=1S/C14H18ClN3O3/c15-12-9-10(3-4-11(12)13(19)20)17-14(21)16-5-8-18-6-1-2-7-18/h3-4,9H,1-2,5-8H2,(H,19,20)(H2,16,17,21). The maximum atomic E-state index is 11.7. The smallest absolute Gasteiger partial charge is 0.337 e. The van der Waals surface area contributed by atoms with Crippen LogP contribution in [0.5, 0.6) is 0 Å². The maximum Gasteiger partial charge on any atom is 0.337 e. The lowest BCUT2D eigenvalue weighted by atomic mass is 10.2. The van der Waals surface area contributed by atoms with Crippen molar-refractivity contribution < 1.29 is 14.7 Å². The van der Waals surface area contributed by atoms with E-state index in [1.165, 1.54) is 31.0 Å². The van der Waals surface area contributed by atoms with Gasteiger partial charge in [0, 0.05) is 18.8 Å². The maximum absolute atomic E-state index is 11.7. The molecule has 3 N–H and O–H groups in total. The molecule has 0 unspecified atom stereocenters. The number of carboxylic acids is 1. The fourth-order valence-electron chi connectivity index (χ4n) is 2.28. The van der Waals surface area contributed by atoms with Crippen molar-refractivity contribution in [2.24, 2.45) is 0 Å². The van der Waals surface area contributed by atoms with E-state index in [0.29, 0.717) is 12.2 Å². The molecule has 21 heavy (non-hydrogen) atoms. The normalized spacial score (nSPS) is 14.9. The minimum atomic E-state index is -1.10. The van der Waals surface area contributed by atoms with Crippen molar-refractivity contribution in [3.63, 3.8) is 0 Å². The van der Waals surface area contributed by atoms with E-state index in [1.807, 2.05) is 0 Å². The van der Waals surface area contributed by atoms with Gasteiger partial charge in [0.25, 0.3) is 0 Å². The molecule has 0 saturated carbocycles. The predicted molar refractivity (Wildman–Crippen MR) is 81.1 cm³/mol. The van der Waals surface area contributed by atoms with Gasteiger partial charge < -0.3 is 20.6 Å². The lowest BCUT2D eigenvalue weighted by Gasteiger charge is -2.15. The zero-order chi connectivity index (χ0) is 15.2. The molecule has 1 heterocycles. The second kappa shape index (κ2) is 7.28. The van der Waals surface area contributed by atoms with Crippen LogP contribution < -0.4 is 10.6 Å². The number of anilines is 1. The summed E-state index contributed by atoms with van der Waals surface area (Å²) >= 11 is 5.84. The summed E-state index contributed by atoms with van der Waals surface area (Å²) in [5, 5.41) is 14.4. The molecule has 1 fully saturated rings. The first-order valence-corrected chi connectivity index (χ1v) is 7.24. The van der Waals surface area contributed by atoms with Gasteiger partial charge in [0.05, 0.1) is 10.6 Å². The highest BCUT2D eigenvalue weighted by Gasteiger charge is 2.12. The van der Waals surface area contributed by atoms with Gasteiger partial charge in [0.1, 0.15) is 0 Å². The molecule has 114 valence electrons. The second-order valence-corrected chi connectivity index (χ2v) is 5.34. The molecule has 1 aliphatic heterocycles. The number of carboxylic acid groups (broad SMARTS) is 1. The average Bonchev–Trinajstić information content (AvgIpc) is 2.91. The number of likely N-dealkylation sites (tertiary alicyclic amines) is 1. The topological polar surface area (TPSA) is 81.7 Å². The number of benzene rings is 1. The molecule has 1 aliphatic rings. The van der Waals surface area contributed by atoms with E-state index >= 15 is 0 Å². The van der Waals surface area contributed by atoms with Gasteiger partial charge in [-0.05, 0) is 44.1 Å². The van der Waals surface area contributed by atoms with Crippen molar-refractivity contribution in [2.45, 2.75) is 12.8 Å². The van der Waals surface area contributed by atoms with Crippen molar-refractivity contribution in [1.82, 2.24) is 10.2 Å². The van der Waals surface area contributed by atoms with Gasteiger partial charge >= 0.3 is 12.0 Å². The van der Waals surface area contributed by atoms with Crippen LogP contribution in [0.3, 0.4) is 0 Å². The molecule has 0 radical (unpaired) electrons. The lowest BCUT2D eigenvalue weighted by Crippen LogP contribution is -2.35. The van der Waals surface area contributed by atoms with Crippen LogP contribution in [0.25, 0.3) is 0 Å². The van der Waals surface area contributed by atoms with Gasteiger partial charge in [-0.25, -0.2) is 9.59 Å². The number of carbonyl (C=O) groups excluding carboxylic acids is 1. The molecular formula is C14H18ClN3O3. The quantitative estimate of drug-likeness (QED) is 0.779. The molecule has 0 spiro atoms. The SMILES string of the molecule is O=C(NCCN1CCCC1)Nc1ccc(C(=O)O)c(Cl)c1. The van der Waals surface area contributed by atoms with E-state index in [4.69, 9.17) is 16.7 Å². The van der Waals surface area contributed by atoms with Crippen molar-refractivity contribution in [3.8, 4) is 0 Å². The minimum Gasteiger partial charge on any atom is -0.478 e. The summed E-state index contributed by atoms with van der Waals surface area (Å²) in [6, 6.07) is 3.97. The van der Waals surface area contributed by atoms with Crippen LogP contribution in [0.15, 0.2) is 18.2 Å². The number of aromatic carboxylic acids is 1. The predicted octanol–water partition coefficient (Wildman–Crippen LogP) is 2.26. The van der Waals surface area contributed by atoms with Gasteiger partial charge in [-0.15, -0.1) is 0 Å². The molecule has 7 heteroatoms. The number of nitrogens with one attached hydrogen (secondary N) is 2. The molecule has 6 nitrogen and oxygen atoms in total. The first-order valence-electron chi connectivity index (χ1n) is 6.86. The highest BCUT2D eigenvalue weighted by atomic mass is 35.5. The third kappa shape index (κ3) is 4.61. The highest BCUT2D eigenvalue weighted by molar-refractivity contribution is 6.33. The van der Waals surface area contributed by atoms with E-state index < -0.39 is 5.97 Å². The molecule has 0 atom stereocenters. The Balaban J connectivity index is 1.79. The van der Waals surface area contributed by atoms with Crippen LogP contribution >= 0.6 is 11.6 Å². The highest BCUT2D eigenvalue weighted by Crippen LogP contribution is 2.20. The third-order valence-corrected chi connectivity index (χ3v) is 3.68. The van der Waals surface area contributed by atoms with Crippen LogP contribution in [-0.2, 0) is 0 Å². The first-order chi connectivity index (χ1) is 10.1. The number of hydrogen-bond acceptors (Lipinski definition) is 3. The van der Waals surface area contributed by atoms with E-state index in [0.717, 1.165) is 19.6 Å². The number of urea groups is 1. The van der Waals surface area contributed by atoms with E-state index in [9.17, 15) is 9.59 Å². The van der Waals surface area contributed by atoms with Crippen molar-refractivity contribution in [3.05, 3.63) is 28.8 Å². The summed E-state index contributed by atoms with van der Waals surface area (Å²) in [6.07, 6.45) is 2.45. The van der Waals surface area contributed by atoms with Gasteiger partial charge in [0.15, 0.2) is 0 Å². The number of rotatable bonds is 5. The van der Waals surface area contributed by atoms with Gasteiger partial charge in [0.2, 0.25) is 0 Å². The van der Waals surface area contributed by atoms with Crippen molar-refractivity contribution in [2.75, 3.05) is 31.5 Å². The van der Waals surface area contributed by atoms with Crippen LogP contribution in [0, 0.1) is 0 Å². The Hall–Kier alpha value is -1.79. The molecule has 0 aliphatic carbocycles. The number of carbonyl (C=O) groups is 2. The second-order valence-electron chi connectivity index (χ2n) is 4.93. The average molecular weight is 312 g/mol. The monoisotopic (exact) mass is 311 g/mol. The third-order valence-electron chi connectivity index (χ3n) is 3.37. The molecular weight excluding hydrogens is 294 g/mol. The van der Waals surface area contributed by atoms with Crippen LogP contribution in [0.2, 0.25) is 5.02 Å². The first kappa shape index (κ1) is 15.6. The van der Waals surface area contributed by atoms with Gasteiger partial charge in [-0.2, -0.15) is 0 Å². The van der Waals surface area contributed by atoms with Crippen molar-refractivity contribution in [1.29, 1.82) is 0 Å². The molecule has 0 aromatic heterocycles. The minimum absolute atomic E-state index is 0.0108. The van der Waals surface area contributed by atoms with E-state index in [-0.39, 0.29) is 16.6 Å². The largest absolute Gasteiger partial charge is 0.478 e. The Bertz CT molecular complexity index is 530. The number of nitrogens with zero attached hydrogens (tertiary/aromatic N) is 1. The van der Waals surface area contributed by atoms with Gasteiger partial charge in [-0.3, -0.25) is 0 Å². The number of hydrogen-bond donors (Lipinski definition) is 3. The number of halogens is 1. The molecule has 2 amide bonds. The summed E-state index contributed by atoms with van der Waals surface area (Å²) in [5.74, 6) is -1.10. The van der Waals surface area contributed by atoms with E-state index in [1.54, 1.807) is 0 Å². The van der Waals surface area contributed by atoms with Gasteiger partial charge in [-0.1, -0.05) is 11.6 Å². The van der Waals surface area contributed by atoms with Crippen LogP contribution in [0.4, 0.5) is 10.5 Å². The molecule has 0 bridgehead atoms. The van der Waals surface area contributed by atoms with E-state index in [2.05, 4.69) is 15.5 Å². The van der Waals surface area contributed by atoms with Crippen LogP contribution in [-0.4, -0.2) is 48.2 Å². The van der Waals surface area contributed by atoms with Crippen LogP contribution in [0.1, 0.15) is 23.2 Å². The summed E-state index contributed by atoms with van der Waals surface area (Å²) < 4.78 is 0. The molecule has 2 rings (SSSR count).